The molecule has 0 radical (unpaired) electrons. The summed E-state index contributed by atoms with van der Waals surface area (Å²) in [5, 5.41) is 9.48. The molecule has 0 amide bonds. The van der Waals surface area contributed by atoms with Crippen LogP contribution in [-0.4, -0.2) is 31.5 Å². The molecule has 4 heteroatoms. The van der Waals surface area contributed by atoms with Crippen LogP contribution in [0.25, 0.3) is 0 Å². The van der Waals surface area contributed by atoms with Gasteiger partial charge in [0.15, 0.2) is 0 Å². The highest BCUT2D eigenvalue weighted by Crippen LogP contribution is 2.40. The summed E-state index contributed by atoms with van der Waals surface area (Å²) in [6, 6.07) is 5.89. The summed E-state index contributed by atoms with van der Waals surface area (Å²) in [7, 11) is 0. The Bertz CT molecular complexity index is 423. The number of ether oxygens (including phenoxy) is 2. The molecule has 1 unspecified atom stereocenters. The summed E-state index contributed by atoms with van der Waals surface area (Å²) in [6.07, 6.45) is 0.943. The van der Waals surface area contributed by atoms with Gasteiger partial charge >= 0.3 is 0 Å². The lowest BCUT2D eigenvalue weighted by Gasteiger charge is -2.44. The molecule has 0 spiro atoms. The van der Waals surface area contributed by atoms with Crippen molar-refractivity contribution in [2.24, 2.45) is 11.1 Å². The lowest BCUT2D eigenvalue weighted by atomic mass is 9.76. The molecule has 1 atom stereocenters. The monoisotopic (exact) mass is 235 g/mol. The Balaban J connectivity index is 1.88. The number of aliphatic hydroxyl groups is 1. The van der Waals surface area contributed by atoms with Crippen LogP contribution in [0.15, 0.2) is 18.2 Å². The molecule has 1 aromatic rings. The van der Waals surface area contributed by atoms with Crippen LogP contribution < -0.4 is 10.5 Å². The van der Waals surface area contributed by atoms with Gasteiger partial charge in [-0.2, -0.15) is 0 Å². The number of fused-ring (bicyclic) bond motifs is 1. The van der Waals surface area contributed by atoms with E-state index in [0.717, 1.165) is 24.3 Å². The Morgan fingerprint density at radius 3 is 2.88 bits per heavy atom. The summed E-state index contributed by atoms with van der Waals surface area (Å²) in [5.74, 6) is 0.962. The molecular weight excluding hydrogens is 218 g/mol. The minimum atomic E-state index is -0.298. The molecule has 17 heavy (non-hydrogen) atoms. The molecule has 2 aliphatic heterocycles. The van der Waals surface area contributed by atoms with Crippen LogP contribution in [0.3, 0.4) is 0 Å². The van der Waals surface area contributed by atoms with Crippen LogP contribution in [0, 0.1) is 5.41 Å². The van der Waals surface area contributed by atoms with Gasteiger partial charge in [-0.15, -0.1) is 0 Å². The maximum absolute atomic E-state index is 9.48. The molecule has 1 fully saturated rings. The van der Waals surface area contributed by atoms with E-state index in [1.807, 2.05) is 12.1 Å². The standard InChI is InChI=1S/C13H17NO3/c14-12(13(6-15)7-16-8-13)10-1-2-11-9(5-10)3-4-17-11/h1-2,5,12,15H,3-4,6-8,14H2. The Morgan fingerprint density at radius 2 is 2.24 bits per heavy atom. The van der Waals surface area contributed by atoms with Crippen LogP contribution in [0.1, 0.15) is 17.2 Å². The number of aliphatic hydroxyl groups excluding tert-OH is 1. The van der Waals surface area contributed by atoms with Gasteiger partial charge in [0.25, 0.3) is 0 Å². The first-order valence-electron chi connectivity index (χ1n) is 5.95. The van der Waals surface area contributed by atoms with Crippen molar-refractivity contribution < 1.29 is 14.6 Å². The van der Waals surface area contributed by atoms with Crippen molar-refractivity contribution in [2.75, 3.05) is 26.4 Å². The summed E-state index contributed by atoms with van der Waals surface area (Å²) in [5.41, 5.74) is 8.24. The summed E-state index contributed by atoms with van der Waals surface area (Å²) in [6.45, 7) is 1.90. The third-order valence-corrected chi connectivity index (χ3v) is 3.83. The third kappa shape index (κ3) is 1.64. The van der Waals surface area contributed by atoms with Crippen LogP contribution in [0.2, 0.25) is 0 Å². The van der Waals surface area contributed by atoms with E-state index in [1.165, 1.54) is 5.56 Å². The Kier molecular flexibility index (Phi) is 2.58. The van der Waals surface area contributed by atoms with Gasteiger partial charge in [0.1, 0.15) is 5.75 Å². The number of rotatable bonds is 3. The highest BCUT2D eigenvalue weighted by atomic mass is 16.5. The van der Waals surface area contributed by atoms with Gasteiger partial charge in [-0.25, -0.2) is 0 Å². The molecule has 2 aliphatic rings. The third-order valence-electron chi connectivity index (χ3n) is 3.83. The number of hydrogen-bond donors (Lipinski definition) is 2. The average Bonchev–Trinajstić information content (AvgIpc) is 2.74. The summed E-state index contributed by atoms with van der Waals surface area (Å²) < 4.78 is 10.7. The van der Waals surface area contributed by atoms with Gasteiger partial charge in [-0.05, 0) is 17.2 Å². The second-order valence-corrected chi connectivity index (χ2v) is 4.96. The van der Waals surface area contributed by atoms with Crippen molar-refractivity contribution in [2.45, 2.75) is 12.5 Å². The lowest BCUT2D eigenvalue weighted by Crippen LogP contribution is -2.52. The highest BCUT2D eigenvalue weighted by Gasteiger charge is 2.44. The van der Waals surface area contributed by atoms with Crippen LogP contribution in [0.4, 0.5) is 0 Å². The fourth-order valence-corrected chi connectivity index (χ4v) is 2.49. The number of benzene rings is 1. The first-order valence-corrected chi connectivity index (χ1v) is 5.95. The predicted molar refractivity (Wildman–Crippen MR) is 62.9 cm³/mol. The average molecular weight is 235 g/mol. The molecule has 0 saturated carbocycles. The Morgan fingerprint density at radius 1 is 1.41 bits per heavy atom. The molecular formula is C13H17NO3. The fourth-order valence-electron chi connectivity index (χ4n) is 2.49. The van der Waals surface area contributed by atoms with E-state index in [4.69, 9.17) is 15.2 Å². The molecule has 4 nitrogen and oxygen atoms in total. The molecule has 1 aromatic carbocycles. The quantitative estimate of drug-likeness (QED) is 0.806. The van der Waals surface area contributed by atoms with Crippen molar-refractivity contribution in [3.05, 3.63) is 29.3 Å². The van der Waals surface area contributed by atoms with Crippen molar-refractivity contribution in [3.8, 4) is 5.75 Å². The lowest BCUT2D eigenvalue weighted by molar-refractivity contribution is -0.150. The summed E-state index contributed by atoms with van der Waals surface area (Å²) >= 11 is 0. The van der Waals surface area contributed by atoms with E-state index in [1.54, 1.807) is 0 Å². The van der Waals surface area contributed by atoms with E-state index in [2.05, 4.69) is 6.07 Å². The second kappa shape index (κ2) is 3.98. The van der Waals surface area contributed by atoms with Crippen molar-refractivity contribution in [1.82, 2.24) is 0 Å². The van der Waals surface area contributed by atoms with E-state index in [-0.39, 0.29) is 18.1 Å². The van der Waals surface area contributed by atoms with Crippen molar-refractivity contribution in [1.29, 1.82) is 0 Å². The Labute approximate surface area is 100 Å². The molecule has 3 rings (SSSR count). The topological polar surface area (TPSA) is 64.7 Å². The first kappa shape index (κ1) is 11.0. The normalized spacial score (nSPS) is 22.5. The SMILES string of the molecule is NC(c1ccc2c(c1)CCO2)C1(CO)COC1. The minimum absolute atomic E-state index is 0.0712. The molecule has 1 saturated heterocycles. The van der Waals surface area contributed by atoms with Crippen molar-refractivity contribution >= 4 is 0 Å². The van der Waals surface area contributed by atoms with E-state index in [9.17, 15) is 5.11 Å². The highest BCUT2D eigenvalue weighted by molar-refractivity contribution is 5.41. The van der Waals surface area contributed by atoms with E-state index < -0.39 is 0 Å². The summed E-state index contributed by atoms with van der Waals surface area (Å²) in [4.78, 5) is 0. The van der Waals surface area contributed by atoms with Crippen LogP contribution in [0.5, 0.6) is 5.75 Å². The smallest absolute Gasteiger partial charge is 0.122 e. The zero-order valence-electron chi connectivity index (χ0n) is 9.69. The molecule has 0 aromatic heterocycles. The number of hydrogen-bond acceptors (Lipinski definition) is 4. The van der Waals surface area contributed by atoms with E-state index in [0.29, 0.717) is 13.2 Å². The number of nitrogens with two attached hydrogens (primary N) is 1. The predicted octanol–water partition coefficient (Wildman–Crippen LogP) is 0.630. The van der Waals surface area contributed by atoms with Gasteiger partial charge in [0, 0.05) is 12.5 Å². The zero-order chi connectivity index (χ0) is 11.9. The van der Waals surface area contributed by atoms with E-state index >= 15 is 0 Å². The van der Waals surface area contributed by atoms with Gasteiger partial charge in [-0.1, -0.05) is 12.1 Å². The zero-order valence-corrected chi connectivity index (χ0v) is 9.69. The molecule has 2 heterocycles. The van der Waals surface area contributed by atoms with Gasteiger partial charge in [-0.3, -0.25) is 0 Å². The maximum Gasteiger partial charge on any atom is 0.122 e. The molecule has 92 valence electrons. The largest absolute Gasteiger partial charge is 0.493 e. The Hall–Kier alpha value is -1.10. The maximum atomic E-state index is 9.48. The minimum Gasteiger partial charge on any atom is -0.493 e. The second-order valence-electron chi connectivity index (χ2n) is 4.96. The molecule has 0 aliphatic carbocycles. The van der Waals surface area contributed by atoms with Gasteiger partial charge in [0.05, 0.1) is 31.8 Å². The van der Waals surface area contributed by atoms with Crippen LogP contribution in [-0.2, 0) is 11.2 Å². The molecule has 3 N–H and O–H groups in total. The van der Waals surface area contributed by atoms with Crippen LogP contribution >= 0.6 is 0 Å². The van der Waals surface area contributed by atoms with Gasteiger partial charge < -0.3 is 20.3 Å². The van der Waals surface area contributed by atoms with Gasteiger partial charge in [0.2, 0.25) is 0 Å². The fraction of sp³-hybridized carbons (Fsp3) is 0.538. The first-order chi connectivity index (χ1) is 8.25. The van der Waals surface area contributed by atoms with Crippen molar-refractivity contribution in [3.63, 3.8) is 0 Å². The molecule has 0 bridgehead atoms.